The smallest absolute Gasteiger partial charge is 0.408 e. The van der Waals surface area contributed by atoms with Gasteiger partial charge in [-0.1, -0.05) is 60.7 Å². The van der Waals surface area contributed by atoms with E-state index in [1.54, 1.807) is 41.3 Å². The number of carbonyl (C=O) groups excluding carboxylic acids is 3. The number of likely N-dealkylation sites (tertiary alicyclic amines) is 1. The van der Waals surface area contributed by atoms with Crippen LogP contribution in [0.2, 0.25) is 0 Å². The van der Waals surface area contributed by atoms with E-state index in [1.165, 1.54) is 12.1 Å². The number of aliphatic hydroxyl groups is 1. The van der Waals surface area contributed by atoms with Gasteiger partial charge in [0.2, 0.25) is 5.56 Å². The minimum atomic E-state index is -0.884. The molecule has 13 heteroatoms. The van der Waals surface area contributed by atoms with Crippen LogP contribution in [0, 0.1) is 5.92 Å². The molecule has 1 aromatic heterocycles. The number of nitrogens with one attached hydrogen (secondary N) is 4. The summed E-state index contributed by atoms with van der Waals surface area (Å²) in [6.45, 7) is 4.49. The van der Waals surface area contributed by atoms with Crippen LogP contribution in [0.1, 0.15) is 61.9 Å². The quantitative estimate of drug-likeness (QED) is 0.109. The number of rotatable bonds is 12. The second-order valence-corrected chi connectivity index (χ2v) is 15.3. The van der Waals surface area contributed by atoms with Crippen LogP contribution in [0.3, 0.4) is 0 Å². The summed E-state index contributed by atoms with van der Waals surface area (Å²) in [4.78, 5) is 58.1. The Hall–Kier alpha value is -6.02. The van der Waals surface area contributed by atoms with Gasteiger partial charge in [-0.15, -0.1) is 0 Å². The van der Waals surface area contributed by atoms with Gasteiger partial charge in [0.15, 0.2) is 0 Å². The maximum Gasteiger partial charge on any atom is 0.408 e. The van der Waals surface area contributed by atoms with Crippen molar-refractivity contribution < 1.29 is 29.3 Å². The number of aromatic amines is 1. The zero-order valence-corrected chi connectivity index (χ0v) is 31.4. The van der Waals surface area contributed by atoms with Crippen LogP contribution in [0.15, 0.2) is 108 Å². The van der Waals surface area contributed by atoms with Crippen LogP contribution in [-0.2, 0) is 23.4 Å². The van der Waals surface area contributed by atoms with Crippen molar-refractivity contribution in [2.24, 2.45) is 5.92 Å². The zero-order valence-electron chi connectivity index (χ0n) is 31.4. The topological polar surface area (TPSA) is 176 Å². The first-order chi connectivity index (χ1) is 27.6. The number of aromatic hydroxyl groups is 1. The van der Waals surface area contributed by atoms with Crippen molar-refractivity contribution in [1.29, 1.82) is 0 Å². The number of H-pyrrole nitrogens is 1. The number of fused-ring (bicyclic) bond motifs is 4. The average Bonchev–Trinajstić information content (AvgIpc) is 3.22. The molecule has 6 N–H and O–H groups in total. The van der Waals surface area contributed by atoms with Gasteiger partial charge in [0.05, 0.1) is 24.7 Å². The highest BCUT2D eigenvalue weighted by Crippen LogP contribution is 2.35. The number of carbonyl (C=O) groups is 3. The van der Waals surface area contributed by atoms with Gasteiger partial charge in [0.1, 0.15) is 17.4 Å². The number of phenolic OH excluding ortho intramolecular Hbond substituents is 1. The molecule has 4 saturated heterocycles. The monoisotopic (exact) mass is 770 g/mol. The molecule has 3 amide bonds. The summed E-state index contributed by atoms with van der Waals surface area (Å²) in [6.07, 6.45) is 0.657. The van der Waals surface area contributed by atoms with E-state index in [0.29, 0.717) is 47.6 Å². The number of aromatic nitrogens is 1. The van der Waals surface area contributed by atoms with Gasteiger partial charge in [0, 0.05) is 48.8 Å². The number of benzene rings is 4. The lowest BCUT2D eigenvalue weighted by Crippen LogP contribution is -2.69. The number of pyridine rings is 1. The molecular formula is C44H46N6O7. The summed E-state index contributed by atoms with van der Waals surface area (Å²) in [5.41, 5.74) is 3.48. The molecule has 2 bridgehead atoms. The Morgan fingerprint density at radius 3 is 2.21 bits per heavy atom. The third-order valence-electron chi connectivity index (χ3n) is 11.5. The third-order valence-corrected chi connectivity index (χ3v) is 11.5. The van der Waals surface area contributed by atoms with Crippen molar-refractivity contribution in [3.05, 3.63) is 147 Å². The van der Waals surface area contributed by atoms with Crippen molar-refractivity contribution in [2.75, 3.05) is 39.3 Å². The lowest BCUT2D eigenvalue weighted by atomic mass is 9.82. The maximum absolute atomic E-state index is 13.5. The van der Waals surface area contributed by atoms with Crippen molar-refractivity contribution in [1.82, 2.24) is 30.7 Å². The highest BCUT2D eigenvalue weighted by Gasteiger charge is 2.49. The van der Waals surface area contributed by atoms with Crippen molar-refractivity contribution in [3.63, 3.8) is 0 Å². The lowest BCUT2D eigenvalue weighted by molar-refractivity contribution is -0.0404. The Morgan fingerprint density at radius 2 is 1.53 bits per heavy atom. The van der Waals surface area contributed by atoms with Gasteiger partial charge in [-0.05, 0) is 90.5 Å². The minimum Gasteiger partial charge on any atom is -0.506 e. The summed E-state index contributed by atoms with van der Waals surface area (Å²) in [5.74, 6) is -0.0415. The molecule has 0 aliphatic carbocycles. The lowest BCUT2D eigenvalue weighted by Gasteiger charge is -2.51. The van der Waals surface area contributed by atoms with E-state index in [1.807, 2.05) is 54.6 Å². The van der Waals surface area contributed by atoms with Gasteiger partial charge in [-0.2, -0.15) is 0 Å². The highest BCUT2D eigenvalue weighted by atomic mass is 16.6. The Morgan fingerprint density at radius 1 is 0.842 bits per heavy atom. The predicted molar refractivity (Wildman–Crippen MR) is 214 cm³/mol. The second-order valence-electron chi connectivity index (χ2n) is 15.3. The summed E-state index contributed by atoms with van der Waals surface area (Å²) < 4.78 is 5.95. The Kier molecular flexibility index (Phi) is 10.8. The van der Waals surface area contributed by atoms with E-state index < -0.39 is 17.7 Å². The van der Waals surface area contributed by atoms with Crippen molar-refractivity contribution in [2.45, 2.75) is 43.7 Å². The normalized spacial score (nSPS) is 20.0. The average molecular weight is 771 g/mol. The fraction of sp³-hybridized carbons (Fsp3) is 0.318. The number of hydrogen-bond donors (Lipinski definition) is 6. The standard InChI is InChI=1S/C44H46N6O7/c51-36-16-14-34(35-15-17-39(53)47-40(35)36)37(52)24-45-22-28-6-10-31(11-7-28)41(54)46-23-29-8-12-32(13-9-29)42(55)50-26-44(27-50,33-4-2-1-3-5-33)48-43(56)57-38-25-49-20-18-30(38)19-21-49/h1-17,30,37-38,45,51-52H,18-27H2,(H,46,54)(H,47,53)(H,48,56)/t37-,38-/m0/s1. The largest absolute Gasteiger partial charge is 0.506 e. The first-order valence-corrected chi connectivity index (χ1v) is 19.4. The van der Waals surface area contributed by atoms with Gasteiger partial charge < -0.3 is 40.8 Å². The molecule has 5 heterocycles. The number of piperidine rings is 3. The molecule has 4 aromatic carbocycles. The molecule has 5 aromatic rings. The number of ether oxygens (including phenoxy) is 1. The fourth-order valence-corrected chi connectivity index (χ4v) is 8.27. The predicted octanol–water partition coefficient (Wildman–Crippen LogP) is 4.16. The highest BCUT2D eigenvalue weighted by molar-refractivity contribution is 5.96. The Balaban J connectivity index is 0.803. The van der Waals surface area contributed by atoms with E-state index in [-0.39, 0.29) is 47.8 Å². The number of phenols is 1. The van der Waals surface area contributed by atoms with E-state index in [9.17, 15) is 29.4 Å². The molecule has 57 heavy (non-hydrogen) atoms. The van der Waals surface area contributed by atoms with Crippen LogP contribution in [0.4, 0.5) is 4.79 Å². The number of nitrogens with zero attached hydrogens (tertiary/aromatic N) is 2. The molecule has 4 fully saturated rings. The van der Waals surface area contributed by atoms with Crippen LogP contribution in [0.5, 0.6) is 5.75 Å². The van der Waals surface area contributed by atoms with Crippen molar-refractivity contribution in [3.8, 4) is 5.75 Å². The number of amides is 3. The van der Waals surface area contributed by atoms with Gasteiger partial charge >= 0.3 is 6.09 Å². The molecule has 9 rings (SSSR count). The van der Waals surface area contributed by atoms with E-state index in [4.69, 9.17) is 4.74 Å². The van der Waals surface area contributed by atoms with Crippen LogP contribution < -0.4 is 21.5 Å². The van der Waals surface area contributed by atoms with Crippen LogP contribution in [0.25, 0.3) is 10.9 Å². The number of alkyl carbamates (subject to hydrolysis) is 1. The molecule has 13 nitrogen and oxygen atoms in total. The van der Waals surface area contributed by atoms with Gasteiger partial charge in [-0.3, -0.25) is 19.3 Å². The summed E-state index contributed by atoms with van der Waals surface area (Å²) in [5, 5.41) is 30.8. The van der Waals surface area contributed by atoms with E-state index in [0.717, 1.165) is 49.2 Å². The van der Waals surface area contributed by atoms with E-state index >= 15 is 0 Å². The number of aliphatic hydroxyl groups excluding tert-OH is 1. The first-order valence-electron chi connectivity index (χ1n) is 19.4. The summed E-state index contributed by atoms with van der Waals surface area (Å²) in [7, 11) is 0. The third kappa shape index (κ3) is 8.27. The Labute approximate surface area is 329 Å². The second kappa shape index (κ2) is 16.2. The first kappa shape index (κ1) is 37.9. The zero-order chi connectivity index (χ0) is 39.5. The Bertz CT molecular complexity index is 2300. The van der Waals surface area contributed by atoms with Crippen molar-refractivity contribution >= 4 is 28.8 Å². The van der Waals surface area contributed by atoms with Crippen LogP contribution >= 0.6 is 0 Å². The van der Waals surface area contributed by atoms with Gasteiger partial charge in [0.25, 0.3) is 11.8 Å². The fourth-order valence-electron chi connectivity index (χ4n) is 8.27. The molecule has 0 unspecified atom stereocenters. The molecule has 0 spiro atoms. The van der Waals surface area contributed by atoms with Crippen LogP contribution in [-0.4, -0.2) is 88.3 Å². The minimum absolute atomic E-state index is 0.0657. The molecule has 0 saturated carbocycles. The molecule has 294 valence electrons. The molecule has 0 radical (unpaired) electrons. The van der Waals surface area contributed by atoms with Gasteiger partial charge in [-0.25, -0.2) is 4.79 Å². The SMILES string of the molecule is O=C(NC1(c2ccccc2)CN(C(=O)c2ccc(CNC(=O)c3ccc(CNC[C@H](O)c4ccc(O)c5[nH]c(=O)ccc45)cc3)cc2)C1)O[C@H]1CN2CCC1CC2. The van der Waals surface area contributed by atoms with E-state index in [2.05, 4.69) is 25.8 Å². The number of hydrogen-bond acceptors (Lipinski definition) is 9. The maximum atomic E-state index is 13.5. The molecular weight excluding hydrogens is 725 g/mol. The molecule has 4 aliphatic rings. The molecule has 4 aliphatic heterocycles. The summed E-state index contributed by atoms with van der Waals surface area (Å²) >= 11 is 0. The molecule has 2 atom stereocenters. The summed E-state index contributed by atoms with van der Waals surface area (Å²) in [6, 6.07) is 30.0.